The van der Waals surface area contributed by atoms with E-state index in [-0.39, 0.29) is 0 Å². The number of fused-ring (bicyclic) bond motifs is 2. The summed E-state index contributed by atoms with van der Waals surface area (Å²) in [5.74, 6) is 2.59. The van der Waals surface area contributed by atoms with Gasteiger partial charge < -0.3 is 13.9 Å². The quantitative estimate of drug-likeness (QED) is 0.419. The van der Waals surface area contributed by atoms with Gasteiger partial charge in [-0.05, 0) is 35.9 Å². The van der Waals surface area contributed by atoms with Crippen molar-refractivity contribution >= 4 is 39.4 Å². The van der Waals surface area contributed by atoms with E-state index in [1.54, 1.807) is 18.7 Å². The number of methoxy groups -OCH3 is 2. The van der Waals surface area contributed by atoms with Gasteiger partial charge in [-0.1, -0.05) is 41.7 Å². The van der Waals surface area contributed by atoms with Crippen molar-refractivity contribution < 1.29 is 13.9 Å². The fraction of sp³-hybridized carbons (Fsp3) is 0.0952. The normalized spacial score (nSPS) is 11.7. The molecule has 2 aromatic carbocycles. The summed E-state index contributed by atoms with van der Waals surface area (Å²) in [5, 5.41) is 14.9. The van der Waals surface area contributed by atoms with Gasteiger partial charge in [0.15, 0.2) is 17.3 Å². The number of benzene rings is 2. The van der Waals surface area contributed by atoms with E-state index in [9.17, 15) is 0 Å². The Morgan fingerprint density at radius 2 is 1.83 bits per heavy atom. The summed E-state index contributed by atoms with van der Waals surface area (Å²) in [6.07, 6.45) is 3.90. The summed E-state index contributed by atoms with van der Waals surface area (Å²) < 4.78 is 18.2. The number of hydrogen-bond acceptors (Lipinski definition) is 7. The van der Waals surface area contributed by atoms with Gasteiger partial charge in [0.2, 0.25) is 10.8 Å². The summed E-state index contributed by atoms with van der Waals surface area (Å²) in [5.41, 5.74) is 1.79. The molecule has 5 rings (SSSR count). The van der Waals surface area contributed by atoms with Gasteiger partial charge in [0.05, 0.1) is 14.2 Å². The molecule has 0 saturated heterocycles. The van der Waals surface area contributed by atoms with Crippen molar-refractivity contribution in [3.63, 3.8) is 0 Å². The predicted octanol–water partition coefficient (Wildman–Crippen LogP) is 4.79. The first-order valence-electron chi connectivity index (χ1n) is 8.86. The Labute approximate surface area is 169 Å². The second-order valence-electron chi connectivity index (χ2n) is 6.25. The molecule has 0 unspecified atom stereocenters. The van der Waals surface area contributed by atoms with E-state index < -0.39 is 0 Å². The van der Waals surface area contributed by atoms with Crippen LogP contribution in [0, 0.1) is 0 Å². The maximum absolute atomic E-state index is 5.90. The first-order chi connectivity index (χ1) is 14.2. The molecular formula is C21H16N4O3S. The van der Waals surface area contributed by atoms with E-state index in [0.29, 0.717) is 28.0 Å². The van der Waals surface area contributed by atoms with E-state index in [0.717, 1.165) is 21.5 Å². The average Bonchev–Trinajstić information content (AvgIpc) is 3.45. The molecule has 0 radical (unpaired) electrons. The topological polar surface area (TPSA) is 74.7 Å². The summed E-state index contributed by atoms with van der Waals surface area (Å²) in [4.78, 5) is 0.701. The third-order valence-corrected chi connectivity index (χ3v) is 5.34. The number of ether oxygens (including phenoxy) is 2. The van der Waals surface area contributed by atoms with Crippen LogP contribution in [0.1, 0.15) is 10.6 Å². The van der Waals surface area contributed by atoms with Crippen LogP contribution in [0.2, 0.25) is 0 Å². The van der Waals surface area contributed by atoms with Crippen LogP contribution in [0.4, 0.5) is 0 Å². The molecule has 7 nitrogen and oxygen atoms in total. The fourth-order valence-electron chi connectivity index (χ4n) is 3.07. The lowest BCUT2D eigenvalue weighted by atomic mass is 10.2. The minimum Gasteiger partial charge on any atom is -0.493 e. The average molecular weight is 404 g/mol. The Balaban J connectivity index is 1.47. The summed E-state index contributed by atoms with van der Waals surface area (Å²) in [6.45, 7) is 0. The van der Waals surface area contributed by atoms with Gasteiger partial charge in [-0.3, -0.25) is 0 Å². The third kappa shape index (κ3) is 3.13. The van der Waals surface area contributed by atoms with E-state index in [1.165, 1.54) is 11.3 Å². The number of furan rings is 1. The highest BCUT2D eigenvalue weighted by atomic mass is 32.1. The Hall–Kier alpha value is -3.65. The molecule has 5 aromatic rings. The molecule has 8 heteroatoms. The van der Waals surface area contributed by atoms with Gasteiger partial charge in [-0.15, -0.1) is 10.2 Å². The predicted molar refractivity (Wildman–Crippen MR) is 112 cm³/mol. The lowest BCUT2D eigenvalue weighted by Crippen LogP contribution is -1.90. The number of aromatic nitrogens is 4. The van der Waals surface area contributed by atoms with Crippen molar-refractivity contribution in [1.29, 1.82) is 0 Å². The second-order valence-corrected chi connectivity index (χ2v) is 7.24. The molecule has 3 heterocycles. The number of para-hydroxylation sites is 1. The second kappa shape index (κ2) is 7.06. The van der Waals surface area contributed by atoms with E-state index >= 15 is 0 Å². The van der Waals surface area contributed by atoms with Gasteiger partial charge >= 0.3 is 0 Å². The molecule has 3 aromatic heterocycles. The van der Waals surface area contributed by atoms with Crippen molar-refractivity contribution in [1.82, 2.24) is 19.8 Å². The Kier molecular flexibility index (Phi) is 4.25. The molecule has 0 bridgehead atoms. The molecule has 0 aliphatic carbocycles. The van der Waals surface area contributed by atoms with Crippen molar-refractivity contribution in [2.24, 2.45) is 0 Å². The zero-order valence-electron chi connectivity index (χ0n) is 15.7. The lowest BCUT2D eigenvalue weighted by molar-refractivity contribution is 0.355. The molecule has 0 aliphatic heterocycles. The summed E-state index contributed by atoms with van der Waals surface area (Å²) in [6, 6.07) is 15.5. The number of hydrogen-bond donors (Lipinski definition) is 0. The molecule has 0 amide bonds. The Bertz CT molecular complexity index is 1320. The van der Waals surface area contributed by atoms with Gasteiger partial charge in [0.25, 0.3) is 0 Å². The largest absolute Gasteiger partial charge is 0.493 e. The van der Waals surface area contributed by atoms with Crippen molar-refractivity contribution in [3.8, 4) is 23.1 Å². The van der Waals surface area contributed by atoms with Gasteiger partial charge in [0.1, 0.15) is 10.6 Å². The van der Waals surface area contributed by atoms with E-state index in [2.05, 4.69) is 15.3 Å². The van der Waals surface area contributed by atoms with Crippen molar-refractivity contribution in [2.45, 2.75) is 0 Å². The molecule has 0 spiro atoms. The first-order valence-corrected chi connectivity index (χ1v) is 9.68. The Morgan fingerprint density at radius 1 is 0.966 bits per heavy atom. The van der Waals surface area contributed by atoms with Crippen LogP contribution in [0.25, 0.3) is 39.7 Å². The number of rotatable bonds is 5. The first kappa shape index (κ1) is 17.4. The SMILES string of the molecule is COc1ccc(/C=C/c2nn3c(-c4cc5ccccc5o4)nnc3s2)cc1OC. The van der Waals surface area contributed by atoms with Crippen LogP contribution in [-0.2, 0) is 0 Å². The van der Waals surface area contributed by atoms with Gasteiger partial charge in [-0.25, -0.2) is 0 Å². The van der Waals surface area contributed by atoms with E-state index in [1.807, 2.05) is 60.7 Å². The van der Waals surface area contributed by atoms with Gasteiger partial charge in [-0.2, -0.15) is 9.61 Å². The van der Waals surface area contributed by atoms with Crippen molar-refractivity contribution in [3.05, 3.63) is 59.1 Å². The maximum atomic E-state index is 5.90. The zero-order chi connectivity index (χ0) is 19.8. The summed E-state index contributed by atoms with van der Waals surface area (Å²) >= 11 is 1.45. The van der Waals surface area contributed by atoms with Crippen LogP contribution in [0.15, 0.2) is 52.9 Å². The molecule has 0 aliphatic rings. The highest BCUT2D eigenvalue weighted by Crippen LogP contribution is 2.30. The molecule has 0 atom stereocenters. The van der Waals surface area contributed by atoms with Crippen LogP contribution in [0.5, 0.6) is 11.5 Å². The smallest absolute Gasteiger partial charge is 0.235 e. The van der Waals surface area contributed by atoms with Crippen LogP contribution >= 0.6 is 11.3 Å². The zero-order valence-corrected chi connectivity index (χ0v) is 16.5. The highest BCUT2D eigenvalue weighted by Gasteiger charge is 2.16. The maximum Gasteiger partial charge on any atom is 0.235 e. The summed E-state index contributed by atoms with van der Waals surface area (Å²) in [7, 11) is 3.24. The lowest BCUT2D eigenvalue weighted by Gasteiger charge is -2.07. The van der Waals surface area contributed by atoms with Crippen LogP contribution < -0.4 is 9.47 Å². The van der Waals surface area contributed by atoms with Gasteiger partial charge in [0, 0.05) is 5.39 Å². The molecular weight excluding hydrogens is 388 g/mol. The molecule has 0 saturated carbocycles. The Morgan fingerprint density at radius 3 is 2.66 bits per heavy atom. The fourth-order valence-corrected chi connectivity index (χ4v) is 3.81. The van der Waals surface area contributed by atoms with Crippen LogP contribution in [0.3, 0.4) is 0 Å². The molecule has 0 N–H and O–H groups in total. The van der Waals surface area contributed by atoms with E-state index in [4.69, 9.17) is 13.9 Å². The number of nitrogens with zero attached hydrogens (tertiary/aromatic N) is 4. The molecule has 144 valence electrons. The van der Waals surface area contributed by atoms with Crippen molar-refractivity contribution in [2.75, 3.05) is 14.2 Å². The molecule has 0 fully saturated rings. The minimum atomic E-state index is 0.582. The third-order valence-electron chi connectivity index (χ3n) is 4.48. The standard InChI is InChI=1S/C21H16N4O3S/c1-26-16-9-7-13(11-17(16)27-2)8-10-19-24-25-20(22-23-21(25)29-19)18-12-14-5-3-4-6-15(14)28-18/h3-12H,1-2H3/b10-8+. The highest BCUT2D eigenvalue weighted by molar-refractivity contribution is 7.17. The van der Waals surface area contributed by atoms with Crippen LogP contribution in [-0.4, -0.2) is 34.0 Å². The monoisotopic (exact) mass is 404 g/mol. The molecule has 29 heavy (non-hydrogen) atoms. The minimum absolute atomic E-state index is 0.582.